The van der Waals surface area contributed by atoms with Crippen molar-refractivity contribution < 1.29 is 28.7 Å². The van der Waals surface area contributed by atoms with Crippen LogP contribution in [-0.4, -0.2) is 47.8 Å². The molecule has 0 aliphatic carbocycles. The summed E-state index contributed by atoms with van der Waals surface area (Å²) in [5.74, 6) is -2.55. The molecule has 0 aromatic heterocycles. The summed E-state index contributed by atoms with van der Waals surface area (Å²) in [5, 5.41) is 0. The van der Waals surface area contributed by atoms with Crippen molar-refractivity contribution in [2.24, 2.45) is 0 Å². The normalized spacial score (nSPS) is 17.3. The quantitative estimate of drug-likeness (QED) is 0.408. The van der Waals surface area contributed by atoms with E-state index in [1.54, 1.807) is 13.8 Å². The molecule has 120 valence electrons. The Labute approximate surface area is 128 Å². The van der Waals surface area contributed by atoms with Crippen molar-refractivity contribution in [3.8, 4) is 0 Å². The fourth-order valence-electron chi connectivity index (χ4n) is 1.95. The highest BCUT2D eigenvalue weighted by atomic mass is 16.5. The highest BCUT2D eigenvalue weighted by molar-refractivity contribution is 6.38. The summed E-state index contributed by atoms with van der Waals surface area (Å²) >= 11 is 0. The zero-order chi connectivity index (χ0) is 16.7. The van der Waals surface area contributed by atoms with E-state index < -0.39 is 23.8 Å². The largest absolute Gasteiger partial charge is 0.464 e. The van der Waals surface area contributed by atoms with Crippen LogP contribution < -0.4 is 0 Å². The second-order valence-electron chi connectivity index (χ2n) is 4.52. The van der Waals surface area contributed by atoms with E-state index in [1.807, 2.05) is 0 Å². The smallest absolute Gasteiger partial charge is 0.379 e. The Balaban J connectivity index is 2.78. The fraction of sp³-hybridized carbons (Fsp3) is 0.467. The van der Waals surface area contributed by atoms with Gasteiger partial charge in [-0.25, -0.2) is 9.59 Å². The Hall–Kier alpha value is -2.44. The molecule has 0 aromatic rings. The lowest BCUT2D eigenvalue weighted by molar-refractivity contribution is -0.151. The summed E-state index contributed by atoms with van der Waals surface area (Å²) in [6, 6.07) is -0.741. The number of nitrogens with zero attached hydrogens (tertiary/aromatic N) is 1. The maximum atomic E-state index is 11.8. The molecule has 1 aliphatic heterocycles. The SMILES string of the molecule is CCOC(=O)C(=O)C=CC1=CN(C(C)=O)C(C(=O)OCC)C1. The van der Waals surface area contributed by atoms with Gasteiger partial charge < -0.3 is 14.4 Å². The summed E-state index contributed by atoms with van der Waals surface area (Å²) in [5.41, 5.74) is 0.575. The van der Waals surface area contributed by atoms with Gasteiger partial charge in [-0.15, -0.1) is 0 Å². The third-order valence-corrected chi connectivity index (χ3v) is 2.92. The number of esters is 2. The molecule has 1 atom stereocenters. The molecule has 1 unspecified atom stereocenters. The summed E-state index contributed by atoms with van der Waals surface area (Å²) in [6.45, 7) is 4.94. The topological polar surface area (TPSA) is 90.0 Å². The van der Waals surface area contributed by atoms with E-state index in [9.17, 15) is 19.2 Å². The van der Waals surface area contributed by atoms with Gasteiger partial charge in [0.05, 0.1) is 13.2 Å². The van der Waals surface area contributed by atoms with Crippen molar-refractivity contribution >= 4 is 23.6 Å². The first kappa shape index (κ1) is 17.6. The summed E-state index contributed by atoms with van der Waals surface area (Å²) < 4.78 is 9.49. The van der Waals surface area contributed by atoms with Crippen LogP contribution in [0.2, 0.25) is 0 Å². The number of amides is 1. The molecule has 22 heavy (non-hydrogen) atoms. The van der Waals surface area contributed by atoms with Gasteiger partial charge in [0, 0.05) is 19.5 Å². The number of carbonyl (C=O) groups excluding carboxylic acids is 4. The summed E-state index contributed by atoms with van der Waals surface area (Å²) in [6.07, 6.45) is 4.16. The molecule has 1 heterocycles. The predicted octanol–water partition coefficient (Wildman–Crippen LogP) is 0.743. The molecular weight excluding hydrogens is 290 g/mol. The van der Waals surface area contributed by atoms with Gasteiger partial charge in [0.25, 0.3) is 5.78 Å². The lowest BCUT2D eigenvalue weighted by Gasteiger charge is -2.20. The van der Waals surface area contributed by atoms with E-state index in [1.165, 1.54) is 24.1 Å². The van der Waals surface area contributed by atoms with Crippen molar-refractivity contribution in [2.45, 2.75) is 33.2 Å². The lowest BCUT2D eigenvalue weighted by atomic mass is 10.1. The predicted molar refractivity (Wildman–Crippen MR) is 76.4 cm³/mol. The average Bonchev–Trinajstić information content (AvgIpc) is 2.89. The number of hydrogen-bond acceptors (Lipinski definition) is 6. The number of allylic oxidation sites excluding steroid dienone is 1. The molecule has 0 N–H and O–H groups in total. The number of carbonyl (C=O) groups is 4. The second-order valence-corrected chi connectivity index (χ2v) is 4.52. The van der Waals surface area contributed by atoms with Crippen LogP contribution in [0.4, 0.5) is 0 Å². The molecule has 0 aromatic carbocycles. The zero-order valence-electron chi connectivity index (χ0n) is 12.8. The lowest BCUT2D eigenvalue weighted by Crippen LogP contribution is -2.38. The highest BCUT2D eigenvalue weighted by Crippen LogP contribution is 2.24. The van der Waals surface area contributed by atoms with Crippen molar-refractivity contribution in [1.82, 2.24) is 4.90 Å². The minimum Gasteiger partial charge on any atom is -0.464 e. The van der Waals surface area contributed by atoms with Crippen molar-refractivity contribution in [3.05, 3.63) is 23.9 Å². The molecule has 0 saturated carbocycles. The number of ketones is 1. The van der Waals surface area contributed by atoms with E-state index in [4.69, 9.17) is 4.74 Å². The van der Waals surface area contributed by atoms with Gasteiger partial charge in [0.15, 0.2) is 0 Å². The van der Waals surface area contributed by atoms with Crippen LogP contribution in [0.3, 0.4) is 0 Å². The van der Waals surface area contributed by atoms with E-state index in [0.29, 0.717) is 5.57 Å². The molecule has 0 radical (unpaired) electrons. The van der Waals surface area contributed by atoms with E-state index >= 15 is 0 Å². The first-order chi connectivity index (χ1) is 10.4. The van der Waals surface area contributed by atoms with Crippen LogP contribution in [0.15, 0.2) is 23.9 Å². The van der Waals surface area contributed by atoms with Crippen LogP contribution in [0.5, 0.6) is 0 Å². The Morgan fingerprint density at radius 2 is 1.86 bits per heavy atom. The number of ether oxygens (including phenoxy) is 2. The van der Waals surface area contributed by atoms with Gasteiger partial charge in [0.1, 0.15) is 6.04 Å². The van der Waals surface area contributed by atoms with Gasteiger partial charge in [-0.05, 0) is 25.5 Å². The molecule has 1 amide bonds. The van der Waals surface area contributed by atoms with Gasteiger partial charge in [0.2, 0.25) is 5.91 Å². The number of hydrogen-bond donors (Lipinski definition) is 0. The van der Waals surface area contributed by atoms with Gasteiger partial charge in [-0.2, -0.15) is 0 Å². The van der Waals surface area contributed by atoms with Gasteiger partial charge >= 0.3 is 11.9 Å². The van der Waals surface area contributed by atoms with Crippen LogP contribution in [0.25, 0.3) is 0 Å². The molecule has 0 bridgehead atoms. The molecular formula is C15H19NO6. The van der Waals surface area contributed by atoms with Gasteiger partial charge in [-0.1, -0.05) is 6.08 Å². The Morgan fingerprint density at radius 1 is 1.23 bits per heavy atom. The summed E-state index contributed by atoms with van der Waals surface area (Å²) in [7, 11) is 0. The van der Waals surface area contributed by atoms with Crippen LogP contribution in [0, 0.1) is 0 Å². The second kappa shape index (κ2) is 8.11. The first-order valence-electron chi connectivity index (χ1n) is 6.96. The molecule has 0 saturated heterocycles. The summed E-state index contributed by atoms with van der Waals surface area (Å²) in [4.78, 5) is 47.3. The Kier molecular flexibility index (Phi) is 6.49. The molecule has 0 fully saturated rings. The molecule has 0 spiro atoms. The van der Waals surface area contributed by atoms with E-state index in [0.717, 1.165) is 6.08 Å². The minimum absolute atomic E-state index is 0.115. The van der Waals surface area contributed by atoms with Gasteiger partial charge in [-0.3, -0.25) is 9.59 Å². The molecule has 7 heteroatoms. The number of rotatable bonds is 6. The van der Waals surface area contributed by atoms with E-state index in [2.05, 4.69) is 4.74 Å². The average molecular weight is 309 g/mol. The van der Waals surface area contributed by atoms with Crippen molar-refractivity contribution in [1.29, 1.82) is 0 Å². The Bertz CT molecular complexity index is 534. The van der Waals surface area contributed by atoms with Crippen molar-refractivity contribution in [2.75, 3.05) is 13.2 Å². The van der Waals surface area contributed by atoms with Crippen molar-refractivity contribution in [3.63, 3.8) is 0 Å². The minimum atomic E-state index is -0.942. The van der Waals surface area contributed by atoms with Crippen LogP contribution in [-0.2, 0) is 28.7 Å². The highest BCUT2D eigenvalue weighted by Gasteiger charge is 2.33. The standard InChI is InChI=1S/C15H19NO6/c1-4-21-14(19)12-8-11(9-16(12)10(3)17)6-7-13(18)15(20)22-5-2/h6-7,9,12H,4-5,8H2,1-3H3. The maximum Gasteiger partial charge on any atom is 0.379 e. The third-order valence-electron chi connectivity index (χ3n) is 2.92. The Morgan fingerprint density at radius 3 is 2.41 bits per heavy atom. The maximum absolute atomic E-state index is 11.8. The first-order valence-corrected chi connectivity index (χ1v) is 6.96. The zero-order valence-corrected chi connectivity index (χ0v) is 12.8. The molecule has 1 aliphatic rings. The molecule has 1 rings (SSSR count). The van der Waals surface area contributed by atoms with E-state index in [-0.39, 0.29) is 25.5 Å². The third kappa shape index (κ3) is 4.54. The molecule has 7 nitrogen and oxygen atoms in total. The fourth-order valence-corrected chi connectivity index (χ4v) is 1.95. The van der Waals surface area contributed by atoms with Crippen LogP contribution >= 0.6 is 0 Å². The monoisotopic (exact) mass is 309 g/mol. The van der Waals surface area contributed by atoms with Crippen LogP contribution in [0.1, 0.15) is 27.2 Å².